The number of thioether (sulfide) groups is 1. The Labute approximate surface area is 83.2 Å². The molecule has 0 aromatic rings. The van der Waals surface area contributed by atoms with Crippen LogP contribution >= 0.6 is 11.8 Å². The Morgan fingerprint density at radius 3 is 3.23 bits per heavy atom. The van der Waals surface area contributed by atoms with E-state index in [1.54, 1.807) is 11.8 Å². The molecule has 2 heterocycles. The highest BCUT2D eigenvalue weighted by Gasteiger charge is 2.45. The number of hydrogen-bond donors (Lipinski definition) is 1. The van der Waals surface area contributed by atoms with E-state index in [9.17, 15) is 4.79 Å². The molecule has 0 aromatic heterocycles. The second-order valence-electron chi connectivity index (χ2n) is 3.95. The summed E-state index contributed by atoms with van der Waals surface area (Å²) >= 11 is 1.78. The third kappa shape index (κ3) is 1.36. The average Bonchev–Trinajstić information content (AvgIpc) is 2.50. The van der Waals surface area contributed by atoms with Crippen LogP contribution < -0.4 is 5.32 Å². The van der Waals surface area contributed by atoms with E-state index in [1.807, 2.05) is 4.90 Å². The molecule has 0 unspecified atom stereocenters. The summed E-state index contributed by atoms with van der Waals surface area (Å²) in [7, 11) is 0. The Kier molecular flexibility index (Phi) is 2.28. The number of piperazine rings is 1. The third-order valence-electron chi connectivity index (χ3n) is 3.13. The Morgan fingerprint density at radius 2 is 2.54 bits per heavy atom. The monoisotopic (exact) mass is 200 g/mol. The molecule has 0 bridgehead atoms. The van der Waals surface area contributed by atoms with Crippen LogP contribution in [0, 0.1) is 0 Å². The van der Waals surface area contributed by atoms with Crippen molar-refractivity contribution in [3.05, 3.63) is 0 Å². The Balaban J connectivity index is 2.20. The number of fused-ring (bicyclic) bond motifs is 1. The summed E-state index contributed by atoms with van der Waals surface area (Å²) in [5, 5.41) is 3.88. The molecular formula is C9H16N2OS. The molecule has 1 N–H and O–H groups in total. The van der Waals surface area contributed by atoms with Crippen molar-refractivity contribution >= 4 is 17.7 Å². The molecule has 13 heavy (non-hydrogen) atoms. The standard InChI is InChI=1S/C9H16N2OS/c1-3-9(2)8-11(5-4-10-9)7(12)6-13-8/h8,10H,3-6H2,1-2H3/t8-,9-/m1/s1. The number of carbonyl (C=O) groups excluding carboxylic acids is 1. The molecule has 0 saturated carbocycles. The molecule has 0 radical (unpaired) electrons. The van der Waals surface area contributed by atoms with Gasteiger partial charge in [0, 0.05) is 18.6 Å². The average molecular weight is 200 g/mol. The van der Waals surface area contributed by atoms with Gasteiger partial charge in [-0.2, -0.15) is 0 Å². The van der Waals surface area contributed by atoms with E-state index in [2.05, 4.69) is 19.2 Å². The molecule has 2 rings (SSSR count). The highest BCUT2D eigenvalue weighted by molar-refractivity contribution is 8.01. The van der Waals surface area contributed by atoms with E-state index < -0.39 is 0 Å². The highest BCUT2D eigenvalue weighted by atomic mass is 32.2. The van der Waals surface area contributed by atoms with E-state index in [4.69, 9.17) is 0 Å². The third-order valence-corrected chi connectivity index (χ3v) is 4.63. The largest absolute Gasteiger partial charge is 0.327 e. The van der Waals surface area contributed by atoms with Crippen molar-refractivity contribution in [2.75, 3.05) is 18.8 Å². The summed E-state index contributed by atoms with van der Waals surface area (Å²) in [4.78, 5) is 13.5. The number of nitrogens with zero attached hydrogens (tertiary/aromatic N) is 1. The van der Waals surface area contributed by atoms with Crippen LogP contribution in [-0.4, -0.2) is 40.6 Å². The quantitative estimate of drug-likeness (QED) is 0.675. The van der Waals surface area contributed by atoms with Gasteiger partial charge in [0.05, 0.1) is 11.1 Å². The number of hydrogen-bond acceptors (Lipinski definition) is 3. The first-order valence-electron chi connectivity index (χ1n) is 4.83. The summed E-state index contributed by atoms with van der Waals surface area (Å²) in [6, 6.07) is 0. The molecule has 4 heteroatoms. The summed E-state index contributed by atoms with van der Waals surface area (Å²) in [5.41, 5.74) is 0.120. The van der Waals surface area contributed by atoms with Gasteiger partial charge >= 0.3 is 0 Å². The first kappa shape index (κ1) is 9.34. The summed E-state index contributed by atoms with van der Waals surface area (Å²) in [6.07, 6.45) is 1.08. The number of carbonyl (C=O) groups is 1. The fourth-order valence-corrected chi connectivity index (χ4v) is 3.56. The van der Waals surface area contributed by atoms with Gasteiger partial charge in [0.15, 0.2) is 0 Å². The fourth-order valence-electron chi connectivity index (χ4n) is 2.07. The molecule has 2 saturated heterocycles. The van der Waals surface area contributed by atoms with Gasteiger partial charge in [0.25, 0.3) is 0 Å². The van der Waals surface area contributed by atoms with Crippen molar-refractivity contribution in [1.29, 1.82) is 0 Å². The minimum absolute atomic E-state index is 0.120. The predicted molar refractivity (Wildman–Crippen MR) is 54.7 cm³/mol. The maximum Gasteiger partial charge on any atom is 0.233 e. The number of nitrogens with one attached hydrogen (secondary N) is 1. The topological polar surface area (TPSA) is 32.3 Å². The Morgan fingerprint density at radius 1 is 1.77 bits per heavy atom. The zero-order valence-electron chi connectivity index (χ0n) is 8.17. The van der Waals surface area contributed by atoms with E-state index in [0.717, 1.165) is 19.5 Å². The summed E-state index contributed by atoms with van der Waals surface area (Å²) < 4.78 is 0. The zero-order chi connectivity index (χ0) is 9.47. The molecule has 0 spiro atoms. The Bertz CT molecular complexity index is 234. The van der Waals surface area contributed by atoms with Gasteiger partial charge in [0.2, 0.25) is 5.91 Å². The van der Waals surface area contributed by atoms with Gasteiger partial charge in [-0.3, -0.25) is 4.79 Å². The van der Waals surface area contributed by atoms with Gasteiger partial charge < -0.3 is 10.2 Å². The van der Waals surface area contributed by atoms with Crippen molar-refractivity contribution in [1.82, 2.24) is 10.2 Å². The van der Waals surface area contributed by atoms with Crippen LogP contribution in [0.25, 0.3) is 0 Å². The van der Waals surface area contributed by atoms with Crippen LogP contribution in [0.4, 0.5) is 0 Å². The number of rotatable bonds is 1. The molecule has 2 aliphatic heterocycles. The zero-order valence-corrected chi connectivity index (χ0v) is 8.99. The smallest absolute Gasteiger partial charge is 0.233 e. The van der Waals surface area contributed by atoms with Crippen LogP contribution in [0.15, 0.2) is 0 Å². The Hall–Kier alpha value is -0.220. The minimum atomic E-state index is 0.120. The van der Waals surface area contributed by atoms with E-state index in [1.165, 1.54) is 0 Å². The normalized spacial score (nSPS) is 39.4. The van der Waals surface area contributed by atoms with Crippen molar-refractivity contribution in [2.45, 2.75) is 31.2 Å². The van der Waals surface area contributed by atoms with Crippen LogP contribution in [-0.2, 0) is 4.79 Å². The van der Waals surface area contributed by atoms with Gasteiger partial charge in [-0.15, -0.1) is 11.8 Å². The molecular weight excluding hydrogens is 184 g/mol. The second kappa shape index (κ2) is 3.17. The molecule has 2 aliphatic rings. The maximum atomic E-state index is 11.5. The first-order chi connectivity index (χ1) is 6.17. The molecule has 3 nitrogen and oxygen atoms in total. The summed E-state index contributed by atoms with van der Waals surface area (Å²) in [6.45, 7) is 6.22. The SMILES string of the molecule is CC[C@@]1(C)NCCN2C(=O)CS[C@@H]21. The predicted octanol–water partition coefficient (Wildman–Crippen LogP) is 0.660. The van der Waals surface area contributed by atoms with Crippen LogP contribution in [0.3, 0.4) is 0 Å². The second-order valence-corrected chi connectivity index (χ2v) is 5.02. The van der Waals surface area contributed by atoms with Crippen molar-refractivity contribution in [3.63, 3.8) is 0 Å². The van der Waals surface area contributed by atoms with Crippen molar-refractivity contribution < 1.29 is 4.79 Å². The van der Waals surface area contributed by atoms with Gasteiger partial charge in [-0.1, -0.05) is 6.92 Å². The van der Waals surface area contributed by atoms with E-state index >= 15 is 0 Å². The van der Waals surface area contributed by atoms with Crippen molar-refractivity contribution in [2.24, 2.45) is 0 Å². The lowest BCUT2D eigenvalue weighted by molar-refractivity contribution is -0.130. The van der Waals surface area contributed by atoms with E-state index in [0.29, 0.717) is 17.0 Å². The molecule has 2 atom stereocenters. The molecule has 0 aromatic carbocycles. The van der Waals surface area contributed by atoms with Gasteiger partial charge in [0.1, 0.15) is 0 Å². The fraction of sp³-hybridized carbons (Fsp3) is 0.889. The molecule has 0 aliphatic carbocycles. The van der Waals surface area contributed by atoms with E-state index in [-0.39, 0.29) is 5.54 Å². The number of amides is 1. The van der Waals surface area contributed by atoms with Crippen LogP contribution in [0.2, 0.25) is 0 Å². The first-order valence-corrected chi connectivity index (χ1v) is 5.88. The molecule has 1 amide bonds. The lowest BCUT2D eigenvalue weighted by atomic mass is 9.95. The van der Waals surface area contributed by atoms with Crippen LogP contribution in [0.1, 0.15) is 20.3 Å². The molecule has 2 fully saturated rings. The van der Waals surface area contributed by atoms with Crippen LogP contribution in [0.5, 0.6) is 0 Å². The van der Waals surface area contributed by atoms with Gasteiger partial charge in [-0.25, -0.2) is 0 Å². The lowest BCUT2D eigenvalue weighted by Gasteiger charge is -2.44. The maximum absolute atomic E-state index is 11.5. The summed E-state index contributed by atoms with van der Waals surface area (Å²) in [5.74, 6) is 0.984. The van der Waals surface area contributed by atoms with Gasteiger partial charge in [-0.05, 0) is 13.3 Å². The molecule has 74 valence electrons. The lowest BCUT2D eigenvalue weighted by Crippen LogP contribution is -2.62. The highest BCUT2D eigenvalue weighted by Crippen LogP contribution is 2.36. The van der Waals surface area contributed by atoms with Crippen molar-refractivity contribution in [3.8, 4) is 0 Å². The minimum Gasteiger partial charge on any atom is -0.327 e.